The van der Waals surface area contributed by atoms with Crippen LogP contribution in [0.1, 0.15) is 322 Å². The van der Waals surface area contributed by atoms with Crippen LogP contribution in [0.2, 0.25) is 0 Å². The summed E-state index contributed by atoms with van der Waals surface area (Å²) >= 11 is 0. The molecular formula is C68H131NO13. The largest absolute Gasteiger partial charge is 0.394 e. The lowest BCUT2D eigenvalue weighted by Gasteiger charge is -2.46. The maximum atomic E-state index is 13.3. The molecule has 12 unspecified atom stereocenters. The van der Waals surface area contributed by atoms with Crippen LogP contribution < -0.4 is 5.32 Å². The fourth-order valence-corrected chi connectivity index (χ4v) is 11.9. The predicted octanol–water partition coefficient (Wildman–Crippen LogP) is 13.8. The first-order valence-corrected chi connectivity index (χ1v) is 34.9. The van der Waals surface area contributed by atoms with Crippen LogP contribution in [-0.4, -0.2) is 140 Å². The zero-order valence-corrected chi connectivity index (χ0v) is 52.8. The van der Waals surface area contributed by atoms with Gasteiger partial charge in [-0.05, 0) is 38.5 Å². The van der Waals surface area contributed by atoms with Gasteiger partial charge in [0.15, 0.2) is 12.6 Å². The van der Waals surface area contributed by atoms with E-state index in [0.29, 0.717) is 12.8 Å². The van der Waals surface area contributed by atoms with Gasteiger partial charge in [-0.3, -0.25) is 4.79 Å². The van der Waals surface area contributed by atoms with Crippen molar-refractivity contribution < 1.29 is 64.6 Å². The fraction of sp³-hybridized carbons (Fsp3) is 0.956. The van der Waals surface area contributed by atoms with Crippen molar-refractivity contribution in [1.29, 1.82) is 0 Å². The molecule has 2 saturated heterocycles. The SMILES string of the molecule is CCCCCCCCC/C=C\CCCCCCCCCC(=O)NC(COC1OC(CO)C(OC2OC(CO)C(O)C(O)C2O)C(O)C1O)C(O)CCCCCCCCCCCCCCCCCCCCCCCCCCCCCCCC. The van der Waals surface area contributed by atoms with Gasteiger partial charge in [-0.2, -0.15) is 0 Å². The van der Waals surface area contributed by atoms with E-state index >= 15 is 0 Å². The molecule has 0 aromatic carbocycles. The Labute approximate surface area is 501 Å². The Bertz CT molecular complexity index is 1420. The van der Waals surface area contributed by atoms with Gasteiger partial charge in [0.25, 0.3) is 0 Å². The molecule has 14 heteroatoms. The average Bonchev–Trinajstić information content (AvgIpc) is 3.53. The van der Waals surface area contributed by atoms with Crippen LogP contribution in [0.25, 0.3) is 0 Å². The summed E-state index contributed by atoms with van der Waals surface area (Å²) < 4.78 is 22.9. The van der Waals surface area contributed by atoms with Crippen molar-refractivity contribution >= 4 is 5.91 Å². The molecule has 9 N–H and O–H groups in total. The van der Waals surface area contributed by atoms with Gasteiger partial charge in [-0.1, -0.05) is 289 Å². The highest BCUT2D eigenvalue weighted by atomic mass is 16.7. The van der Waals surface area contributed by atoms with Crippen molar-refractivity contribution in [3.63, 3.8) is 0 Å². The summed E-state index contributed by atoms with van der Waals surface area (Å²) in [7, 11) is 0. The second-order valence-electron chi connectivity index (χ2n) is 25.0. The van der Waals surface area contributed by atoms with Crippen molar-refractivity contribution in [2.45, 2.75) is 396 Å². The summed E-state index contributed by atoms with van der Waals surface area (Å²) in [6.07, 6.45) is 48.0. The van der Waals surface area contributed by atoms with Crippen molar-refractivity contribution in [2.75, 3.05) is 19.8 Å². The Balaban J connectivity index is 1.65. The predicted molar refractivity (Wildman–Crippen MR) is 332 cm³/mol. The van der Waals surface area contributed by atoms with Gasteiger partial charge in [-0.15, -0.1) is 0 Å². The third kappa shape index (κ3) is 38.1. The smallest absolute Gasteiger partial charge is 0.220 e. The van der Waals surface area contributed by atoms with Crippen LogP contribution in [0, 0.1) is 0 Å². The Morgan fingerprint density at radius 1 is 0.427 bits per heavy atom. The number of hydrogen-bond acceptors (Lipinski definition) is 13. The van der Waals surface area contributed by atoms with Gasteiger partial charge in [0, 0.05) is 6.42 Å². The van der Waals surface area contributed by atoms with Crippen LogP contribution in [0.3, 0.4) is 0 Å². The molecule has 0 bridgehead atoms. The molecule has 2 heterocycles. The third-order valence-corrected chi connectivity index (χ3v) is 17.5. The van der Waals surface area contributed by atoms with Gasteiger partial charge in [0.1, 0.15) is 48.8 Å². The first-order valence-electron chi connectivity index (χ1n) is 34.9. The molecule has 486 valence electrons. The summed E-state index contributed by atoms with van der Waals surface area (Å²) in [4.78, 5) is 13.3. The Morgan fingerprint density at radius 2 is 0.768 bits per heavy atom. The molecule has 2 fully saturated rings. The second kappa shape index (κ2) is 53.9. The second-order valence-corrected chi connectivity index (χ2v) is 25.0. The minimum Gasteiger partial charge on any atom is -0.394 e. The number of rotatable bonds is 58. The topological polar surface area (TPSA) is 228 Å². The number of carbonyl (C=O) groups is 1. The quantitative estimate of drug-likeness (QED) is 0.0204. The number of nitrogens with one attached hydrogen (secondary N) is 1. The molecular weight excluding hydrogens is 1040 g/mol. The summed E-state index contributed by atoms with van der Waals surface area (Å²) in [5, 5.41) is 87.5. The molecule has 0 aromatic rings. The van der Waals surface area contributed by atoms with Gasteiger partial charge in [0.2, 0.25) is 5.91 Å². The molecule has 14 nitrogen and oxygen atoms in total. The van der Waals surface area contributed by atoms with E-state index in [1.807, 2.05) is 0 Å². The van der Waals surface area contributed by atoms with Crippen LogP contribution in [0.4, 0.5) is 0 Å². The van der Waals surface area contributed by atoms with E-state index in [0.717, 1.165) is 57.8 Å². The first-order chi connectivity index (χ1) is 40.1. The first kappa shape index (κ1) is 76.8. The number of hydrogen-bond donors (Lipinski definition) is 9. The maximum absolute atomic E-state index is 13.3. The van der Waals surface area contributed by atoms with Gasteiger partial charge < -0.3 is 65.1 Å². The van der Waals surface area contributed by atoms with Gasteiger partial charge in [0.05, 0.1) is 32.0 Å². The van der Waals surface area contributed by atoms with E-state index in [9.17, 15) is 45.6 Å². The summed E-state index contributed by atoms with van der Waals surface area (Å²) in [6.45, 7) is 2.91. The number of unbranched alkanes of at least 4 members (excludes halogenated alkanes) is 43. The number of ether oxygens (including phenoxy) is 4. The number of amides is 1. The molecule has 12 atom stereocenters. The molecule has 1 amide bonds. The lowest BCUT2D eigenvalue weighted by molar-refractivity contribution is -0.359. The molecule has 0 saturated carbocycles. The van der Waals surface area contributed by atoms with Crippen molar-refractivity contribution in [3.05, 3.63) is 12.2 Å². The lowest BCUT2D eigenvalue weighted by atomic mass is 9.97. The van der Waals surface area contributed by atoms with E-state index in [2.05, 4.69) is 31.3 Å². The summed E-state index contributed by atoms with van der Waals surface area (Å²) in [5.74, 6) is -0.206. The molecule has 0 aliphatic carbocycles. The lowest BCUT2D eigenvalue weighted by Crippen LogP contribution is -2.65. The highest BCUT2D eigenvalue weighted by Crippen LogP contribution is 2.30. The fourth-order valence-electron chi connectivity index (χ4n) is 11.9. The minimum atomic E-state index is -1.78. The van der Waals surface area contributed by atoms with Crippen molar-refractivity contribution in [1.82, 2.24) is 5.32 Å². The van der Waals surface area contributed by atoms with E-state index in [4.69, 9.17) is 18.9 Å². The Hall–Kier alpha value is -1.27. The molecule has 0 spiro atoms. The molecule has 2 rings (SSSR count). The van der Waals surface area contributed by atoms with E-state index < -0.39 is 86.8 Å². The molecule has 2 aliphatic rings. The van der Waals surface area contributed by atoms with E-state index in [1.165, 1.54) is 238 Å². The van der Waals surface area contributed by atoms with E-state index in [-0.39, 0.29) is 12.5 Å². The highest BCUT2D eigenvalue weighted by molar-refractivity contribution is 5.76. The molecule has 0 radical (unpaired) electrons. The third-order valence-electron chi connectivity index (χ3n) is 17.5. The monoisotopic (exact) mass is 1170 g/mol. The van der Waals surface area contributed by atoms with Gasteiger partial charge >= 0.3 is 0 Å². The molecule has 2 aliphatic heterocycles. The van der Waals surface area contributed by atoms with Crippen molar-refractivity contribution in [3.8, 4) is 0 Å². The molecule has 82 heavy (non-hydrogen) atoms. The normalized spacial score (nSPS) is 23.9. The molecule has 0 aromatic heterocycles. The highest BCUT2D eigenvalue weighted by Gasteiger charge is 2.51. The minimum absolute atomic E-state index is 0.206. The van der Waals surface area contributed by atoms with Crippen LogP contribution in [0.15, 0.2) is 12.2 Å². The van der Waals surface area contributed by atoms with E-state index in [1.54, 1.807) is 0 Å². The zero-order valence-electron chi connectivity index (χ0n) is 52.8. The Morgan fingerprint density at radius 3 is 1.16 bits per heavy atom. The van der Waals surface area contributed by atoms with Gasteiger partial charge in [-0.25, -0.2) is 0 Å². The van der Waals surface area contributed by atoms with Crippen molar-refractivity contribution in [2.24, 2.45) is 0 Å². The zero-order chi connectivity index (χ0) is 59.5. The Kier molecular flexibility index (Phi) is 50.5. The number of carbonyl (C=O) groups excluding carboxylic acids is 1. The van der Waals surface area contributed by atoms with Crippen LogP contribution >= 0.6 is 0 Å². The summed E-state index contributed by atoms with van der Waals surface area (Å²) in [5.41, 5.74) is 0. The standard InChI is InChI=1S/C68H131NO13/c1-3-5-7-9-11-13-15-17-19-21-23-24-25-26-27-28-29-30-31-32-33-34-35-37-39-41-43-45-47-49-51-57(72)56(69-60(73)52-50-48-46-44-42-40-38-36-22-20-18-16-14-12-10-8-6-4-2)55-79-67-65(78)63(76)66(59(54-71)81-67)82-68-64(77)62(75)61(74)58(53-70)80-68/h20,22,56-59,61-68,70-72,74-78H,3-19,21,23-55H2,1-2H3,(H,69,73)/b22-20-. The van der Waals surface area contributed by atoms with Crippen LogP contribution in [-0.2, 0) is 23.7 Å². The number of aliphatic hydroxyl groups is 8. The average molecular weight is 1170 g/mol. The number of allylic oxidation sites excluding steroid dienone is 2. The van der Waals surface area contributed by atoms with Crippen LogP contribution in [0.5, 0.6) is 0 Å². The summed E-state index contributed by atoms with van der Waals surface area (Å²) in [6, 6.07) is -0.829. The maximum Gasteiger partial charge on any atom is 0.220 e. The number of aliphatic hydroxyl groups excluding tert-OH is 8.